The molecule has 0 radical (unpaired) electrons. The Hall–Kier alpha value is -1.66. The number of hydrogen-bond donors (Lipinski definition) is 0. The van der Waals surface area contributed by atoms with Crippen molar-refractivity contribution in [2.75, 3.05) is 32.8 Å². The van der Waals surface area contributed by atoms with Gasteiger partial charge in [0, 0.05) is 56.8 Å². The lowest BCUT2D eigenvalue weighted by atomic mass is 10.0. The van der Waals surface area contributed by atoms with Crippen LogP contribution < -0.4 is 0 Å². The van der Waals surface area contributed by atoms with E-state index in [1.807, 2.05) is 11.7 Å². The highest BCUT2D eigenvalue weighted by atomic mass is 16.5. The molecule has 2 fully saturated rings. The highest BCUT2D eigenvalue weighted by Crippen LogP contribution is 2.27. The van der Waals surface area contributed by atoms with Gasteiger partial charge in [-0.3, -0.25) is 14.4 Å². The van der Waals surface area contributed by atoms with Crippen LogP contribution in [0.2, 0.25) is 0 Å². The number of rotatable bonds is 3. The second-order valence-electron chi connectivity index (χ2n) is 7.80. The topological polar surface area (TPSA) is 50.6 Å². The van der Waals surface area contributed by atoms with Crippen LogP contribution in [0.5, 0.6) is 0 Å². The van der Waals surface area contributed by atoms with E-state index in [9.17, 15) is 4.79 Å². The largest absolute Gasteiger partial charge is 0.379 e. The summed E-state index contributed by atoms with van der Waals surface area (Å²) in [7, 11) is 1.97. The summed E-state index contributed by atoms with van der Waals surface area (Å²) in [6.45, 7) is 7.09. The third kappa shape index (κ3) is 3.51. The predicted molar refractivity (Wildman–Crippen MR) is 94.9 cm³/mol. The Bertz CT molecular complexity index is 660. The highest BCUT2D eigenvalue weighted by molar-refractivity contribution is 5.80. The third-order valence-electron chi connectivity index (χ3n) is 5.69. The molecule has 1 amide bonds. The van der Waals surface area contributed by atoms with Gasteiger partial charge in [-0.05, 0) is 19.8 Å². The minimum atomic E-state index is 0.147. The van der Waals surface area contributed by atoms with Crippen molar-refractivity contribution in [3.63, 3.8) is 0 Å². The van der Waals surface area contributed by atoms with Crippen LogP contribution in [-0.4, -0.2) is 64.4 Å². The van der Waals surface area contributed by atoms with Crippen molar-refractivity contribution < 1.29 is 9.53 Å². The number of hydrogen-bond acceptors (Lipinski definition) is 4. The molecule has 0 unspecified atom stereocenters. The van der Waals surface area contributed by atoms with Gasteiger partial charge in [0.25, 0.3) is 0 Å². The fraction of sp³-hybridized carbons (Fsp3) is 0.684. The lowest BCUT2D eigenvalue weighted by Gasteiger charge is -2.32. The Morgan fingerprint density at radius 3 is 2.76 bits per heavy atom. The molecular formula is C19H28N4O2. The number of allylic oxidation sites excluding steroid dienone is 2. The van der Waals surface area contributed by atoms with Crippen LogP contribution in [0.4, 0.5) is 0 Å². The van der Waals surface area contributed by atoms with E-state index in [0.29, 0.717) is 18.4 Å². The molecule has 25 heavy (non-hydrogen) atoms. The lowest BCUT2D eigenvalue weighted by Crippen LogP contribution is -2.48. The summed E-state index contributed by atoms with van der Waals surface area (Å²) in [5, 5.41) is 4.46. The first-order valence-electron chi connectivity index (χ1n) is 9.35. The smallest absolute Gasteiger partial charge is 0.226 e. The van der Waals surface area contributed by atoms with Gasteiger partial charge >= 0.3 is 0 Å². The SMILES string of the molecule is Cc1nn(C)cc1CN1C[C@@H]2COC[C@H](C1)N(C(=O)C1CC=CC1)C2. The molecule has 1 aliphatic carbocycles. The van der Waals surface area contributed by atoms with Crippen LogP contribution >= 0.6 is 0 Å². The Labute approximate surface area is 149 Å². The lowest BCUT2D eigenvalue weighted by molar-refractivity contribution is -0.138. The van der Waals surface area contributed by atoms with E-state index < -0.39 is 0 Å². The average Bonchev–Trinajstić information content (AvgIpc) is 3.09. The molecule has 2 saturated heterocycles. The van der Waals surface area contributed by atoms with Gasteiger partial charge in [-0.1, -0.05) is 12.2 Å². The van der Waals surface area contributed by atoms with Gasteiger partial charge in [-0.2, -0.15) is 5.10 Å². The molecule has 2 bridgehead atoms. The first-order valence-corrected chi connectivity index (χ1v) is 9.35. The molecule has 0 N–H and O–H groups in total. The summed E-state index contributed by atoms with van der Waals surface area (Å²) in [6, 6.07) is 0.164. The number of aryl methyl sites for hydroxylation is 2. The van der Waals surface area contributed by atoms with E-state index in [1.54, 1.807) is 0 Å². The fourth-order valence-corrected chi connectivity index (χ4v) is 4.44. The normalized spacial score (nSPS) is 27.7. The summed E-state index contributed by atoms with van der Waals surface area (Å²) in [5.74, 6) is 0.862. The summed E-state index contributed by atoms with van der Waals surface area (Å²) in [5.41, 5.74) is 2.37. The second kappa shape index (κ2) is 6.92. The Morgan fingerprint density at radius 1 is 1.24 bits per heavy atom. The van der Waals surface area contributed by atoms with Gasteiger partial charge < -0.3 is 9.64 Å². The van der Waals surface area contributed by atoms with E-state index >= 15 is 0 Å². The molecule has 3 heterocycles. The monoisotopic (exact) mass is 344 g/mol. The van der Waals surface area contributed by atoms with Gasteiger partial charge in [0.05, 0.1) is 24.9 Å². The number of aromatic nitrogens is 2. The molecule has 6 heteroatoms. The number of nitrogens with zero attached hydrogens (tertiary/aromatic N) is 4. The minimum absolute atomic E-state index is 0.147. The van der Waals surface area contributed by atoms with Gasteiger partial charge in [0.1, 0.15) is 0 Å². The standard InChI is InChI=1S/C19H28N4O2/c1-14-17(9-21(2)20-14)10-22-7-15-8-23(18(11-22)13-25-12-15)19(24)16-5-3-4-6-16/h3-4,9,15-16,18H,5-8,10-13H2,1-2H3/t15-,18-/m0/s1. The molecule has 136 valence electrons. The molecule has 0 aromatic carbocycles. The Morgan fingerprint density at radius 2 is 2.04 bits per heavy atom. The van der Waals surface area contributed by atoms with E-state index in [2.05, 4.69) is 40.2 Å². The predicted octanol–water partition coefficient (Wildman–Crippen LogP) is 1.35. The Balaban J connectivity index is 1.49. The quantitative estimate of drug-likeness (QED) is 0.777. The van der Waals surface area contributed by atoms with Crippen molar-refractivity contribution in [3.05, 3.63) is 29.6 Å². The van der Waals surface area contributed by atoms with E-state index in [-0.39, 0.29) is 12.0 Å². The molecule has 2 aliphatic heterocycles. The van der Waals surface area contributed by atoms with Crippen molar-refractivity contribution in [1.82, 2.24) is 19.6 Å². The molecule has 0 saturated carbocycles. The summed E-state index contributed by atoms with van der Waals surface area (Å²) in [4.78, 5) is 17.6. The molecule has 1 aromatic rings. The first kappa shape index (κ1) is 16.8. The van der Waals surface area contributed by atoms with Crippen LogP contribution in [0.15, 0.2) is 18.3 Å². The first-order chi connectivity index (χ1) is 12.1. The van der Waals surface area contributed by atoms with Crippen LogP contribution in [0.25, 0.3) is 0 Å². The number of fused-ring (bicyclic) bond motifs is 3. The van der Waals surface area contributed by atoms with Crippen molar-refractivity contribution >= 4 is 5.91 Å². The summed E-state index contributed by atoms with van der Waals surface area (Å²) < 4.78 is 7.76. The maximum absolute atomic E-state index is 13.0. The zero-order valence-electron chi connectivity index (χ0n) is 15.2. The van der Waals surface area contributed by atoms with E-state index in [4.69, 9.17) is 4.74 Å². The second-order valence-corrected chi connectivity index (χ2v) is 7.80. The number of ether oxygens (including phenoxy) is 1. The molecular weight excluding hydrogens is 316 g/mol. The van der Waals surface area contributed by atoms with Crippen LogP contribution in [0.3, 0.4) is 0 Å². The molecule has 6 nitrogen and oxygen atoms in total. The van der Waals surface area contributed by atoms with Crippen LogP contribution in [0, 0.1) is 18.8 Å². The van der Waals surface area contributed by atoms with Crippen molar-refractivity contribution in [1.29, 1.82) is 0 Å². The maximum atomic E-state index is 13.0. The van der Waals surface area contributed by atoms with Crippen LogP contribution in [0.1, 0.15) is 24.1 Å². The van der Waals surface area contributed by atoms with E-state index in [0.717, 1.165) is 51.3 Å². The number of amides is 1. The zero-order valence-corrected chi connectivity index (χ0v) is 15.2. The molecule has 1 aromatic heterocycles. The van der Waals surface area contributed by atoms with Crippen LogP contribution in [-0.2, 0) is 23.1 Å². The third-order valence-corrected chi connectivity index (χ3v) is 5.69. The molecule has 2 atom stereocenters. The summed E-state index contributed by atoms with van der Waals surface area (Å²) in [6.07, 6.45) is 8.18. The number of carbonyl (C=O) groups is 1. The summed E-state index contributed by atoms with van der Waals surface area (Å²) >= 11 is 0. The van der Waals surface area contributed by atoms with Gasteiger partial charge in [-0.15, -0.1) is 0 Å². The number of carbonyl (C=O) groups excluding carboxylic acids is 1. The molecule has 4 rings (SSSR count). The zero-order chi connectivity index (χ0) is 17.4. The van der Waals surface area contributed by atoms with Gasteiger partial charge in [0.15, 0.2) is 0 Å². The minimum Gasteiger partial charge on any atom is -0.379 e. The fourth-order valence-electron chi connectivity index (χ4n) is 4.44. The van der Waals surface area contributed by atoms with Crippen molar-refractivity contribution in [3.8, 4) is 0 Å². The van der Waals surface area contributed by atoms with E-state index in [1.165, 1.54) is 5.56 Å². The average molecular weight is 344 g/mol. The molecule has 3 aliphatic rings. The van der Waals surface area contributed by atoms with Gasteiger partial charge in [0.2, 0.25) is 5.91 Å². The maximum Gasteiger partial charge on any atom is 0.226 e. The van der Waals surface area contributed by atoms with Crippen molar-refractivity contribution in [2.24, 2.45) is 18.9 Å². The van der Waals surface area contributed by atoms with Gasteiger partial charge in [-0.25, -0.2) is 0 Å². The Kier molecular flexibility index (Phi) is 4.65. The molecule has 0 spiro atoms. The highest BCUT2D eigenvalue weighted by Gasteiger charge is 2.38. The van der Waals surface area contributed by atoms with Crippen molar-refractivity contribution in [2.45, 2.75) is 32.4 Å².